The number of carbonyl (C=O) groups is 1. The van der Waals surface area contributed by atoms with Gasteiger partial charge in [-0.1, -0.05) is 0 Å². The molecule has 0 radical (unpaired) electrons. The lowest BCUT2D eigenvalue weighted by Crippen LogP contribution is -2.51. The van der Waals surface area contributed by atoms with Gasteiger partial charge >= 0.3 is 0 Å². The van der Waals surface area contributed by atoms with Gasteiger partial charge in [0.05, 0.1) is 6.42 Å². The quantitative estimate of drug-likeness (QED) is 0.607. The zero-order chi connectivity index (χ0) is 9.97. The molecule has 1 fully saturated rings. The van der Waals surface area contributed by atoms with Crippen LogP contribution in [-0.4, -0.2) is 18.4 Å². The van der Waals surface area contributed by atoms with Crippen molar-refractivity contribution in [3.8, 4) is 5.75 Å². The van der Waals surface area contributed by atoms with Crippen LogP contribution in [0.4, 0.5) is 0 Å². The van der Waals surface area contributed by atoms with Crippen molar-refractivity contribution in [1.29, 1.82) is 0 Å². The van der Waals surface area contributed by atoms with E-state index in [1.54, 1.807) is 11.8 Å². The fourth-order valence-corrected chi connectivity index (χ4v) is 1.62. The fraction of sp³-hybridized carbons (Fsp3) is 0.300. The van der Waals surface area contributed by atoms with Crippen LogP contribution < -0.4 is 10.1 Å². The number of hydrogen-bond donors (Lipinski definition) is 1. The number of ether oxygens (including phenoxy) is 1. The van der Waals surface area contributed by atoms with Crippen LogP contribution >= 0.6 is 11.8 Å². The number of benzene rings is 1. The van der Waals surface area contributed by atoms with Crippen molar-refractivity contribution in [2.45, 2.75) is 17.5 Å². The predicted octanol–water partition coefficient (Wildman–Crippen LogP) is 1.63. The van der Waals surface area contributed by atoms with Gasteiger partial charge in [0.15, 0.2) is 6.23 Å². The van der Waals surface area contributed by atoms with E-state index < -0.39 is 0 Å². The molecule has 0 saturated carbocycles. The molecular formula is C10H11NO2S. The summed E-state index contributed by atoms with van der Waals surface area (Å²) in [5, 5.41) is 2.65. The summed E-state index contributed by atoms with van der Waals surface area (Å²) in [6.45, 7) is 0. The van der Waals surface area contributed by atoms with E-state index in [0.717, 1.165) is 5.75 Å². The average Bonchev–Trinajstić information content (AvgIpc) is 2.17. The minimum Gasteiger partial charge on any atom is -0.470 e. The molecular weight excluding hydrogens is 198 g/mol. The summed E-state index contributed by atoms with van der Waals surface area (Å²) in [4.78, 5) is 11.8. The molecule has 1 aromatic carbocycles. The normalized spacial score (nSPS) is 19.8. The van der Waals surface area contributed by atoms with Gasteiger partial charge in [0.25, 0.3) is 0 Å². The van der Waals surface area contributed by atoms with E-state index in [-0.39, 0.29) is 12.1 Å². The SMILES string of the molecule is CSc1ccc(OC2CC(=O)N2)cc1. The van der Waals surface area contributed by atoms with Crippen molar-refractivity contribution < 1.29 is 9.53 Å². The van der Waals surface area contributed by atoms with Crippen molar-refractivity contribution in [2.24, 2.45) is 0 Å². The Labute approximate surface area is 86.8 Å². The predicted molar refractivity (Wildman–Crippen MR) is 55.4 cm³/mol. The van der Waals surface area contributed by atoms with Crippen LogP contribution in [0.2, 0.25) is 0 Å². The maximum atomic E-state index is 10.6. The highest BCUT2D eigenvalue weighted by molar-refractivity contribution is 7.98. The molecule has 1 saturated heterocycles. The molecule has 0 aliphatic carbocycles. The molecule has 74 valence electrons. The summed E-state index contributed by atoms with van der Waals surface area (Å²) >= 11 is 1.69. The number of thioether (sulfide) groups is 1. The number of hydrogen-bond acceptors (Lipinski definition) is 3. The van der Waals surface area contributed by atoms with Gasteiger partial charge in [-0.15, -0.1) is 11.8 Å². The molecule has 0 spiro atoms. The lowest BCUT2D eigenvalue weighted by atomic mass is 10.2. The molecule has 1 aliphatic rings. The highest BCUT2D eigenvalue weighted by Gasteiger charge is 2.26. The van der Waals surface area contributed by atoms with Crippen LogP contribution in [0.1, 0.15) is 6.42 Å². The van der Waals surface area contributed by atoms with E-state index in [0.29, 0.717) is 6.42 Å². The highest BCUT2D eigenvalue weighted by Crippen LogP contribution is 2.20. The first-order chi connectivity index (χ1) is 6.78. The Bertz CT molecular complexity index is 328. The van der Waals surface area contributed by atoms with Gasteiger partial charge in [0.1, 0.15) is 5.75 Å². The molecule has 0 aromatic heterocycles. The van der Waals surface area contributed by atoms with Crippen molar-refractivity contribution in [1.82, 2.24) is 5.32 Å². The molecule has 2 rings (SSSR count). The molecule has 1 amide bonds. The second kappa shape index (κ2) is 3.92. The maximum Gasteiger partial charge on any atom is 0.228 e. The molecule has 1 atom stereocenters. The minimum atomic E-state index is -0.136. The third-order valence-electron chi connectivity index (χ3n) is 2.03. The second-order valence-electron chi connectivity index (χ2n) is 3.05. The summed E-state index contributed by atoms with van der Waals surface area (Å²) in [5.41, 5.74) is 0. The van der Waals surface area contributed by atoms with Crippen LogP contribution in [0.5, 0.6) is 5.75 Å². The fourth-order valence-electron chi connectivity index (χ4n) is 1.22. The summed E-state index contributed by atoms with van der Waals surface area (Å²) in [6.07, 6.45) is 2.36. The largest absolute Gasteiger partial charge is 0.470 e. The van der Waals surface area contributed by atoms with E-state index in [9.17, 15) is 4.79 Å². The zero-order valence-corrected chi connectivity index (χ0v) is 8.64. The number of rotatable bonds is 3. The second-order valence-corrected chi connectivity index (χ2v) is 3.93. The number of nitrogens with one attached hydrogen (secondary N) is 1. The first kappa shape index (κ1) is 9.40. The van der Waals surface area contributed by atoms with Crippen molar-refractivity contribution >= 4 is 17.7 Å². The lowest BCUT2D eigenvalue weighted by molar-refractivity contribution is -0.134. The number of carbonyl (C=O) groups excluding carboxylic acids is 1. The van der Waals surface area contributed by atoms with E-state index in [4.69, 9.17) is 4.74 Å². The van der Waals surface area contributed by atoms with Crippen molar-refractivity contribution in [3.05, 3.63) is 24.3 Å². The molecule has 1 unspecified atom stereocenters. The smallest absolute Gasteiger partial charge is 0.228 e. The van der Waals surface area contributed by atoms with Crippen LogP contribution in [0.15, 0.2) is 29.2 Å². The van der Waals surface area contributed by atoms with Crippen molar-refractivity contribution in [2.75, 3.05) is 6.26 Å². The third-order valence-corrected chi connectivity index (χ3v) is 2.77. The Morgan fingerprint density at radius 3 is 2.57 bits per heavy atom. The molecule has 1 N–H and O–H groups in total. The number of amides is 1. The average molecular weight is 209 g/mol. The Hall–Kier alpha value is -1.16. The standard InChI is InChI=1S/C10H11NO2S/c1-14-8-4-2-7(3-5-8)13-10-6-9(12)11-10/h2-5,10H,6H2,1H3,(H,11,12). The van der Waals surface area contributed by atoms with E-state index >= 15 is 0 Å². The van der Waals surface area contributed by atoms with Crippen LogP contribution in [0.3, 0.4) is 0 Å². The van der Waals surface area contributed by atoms with Crippen LogP contribution in [0, 0.1) is 0 Å². The van der Waals surface area contributed by atoms with Crippen LogP contribution in [-0.2, 0) is 4.79 Å². The zero-order valence-electron chi connectivity index (χ0n) is 7.82. The Balaban J connectivity index is 1.93. The molecule has 0 bridgehead atoms. The van der Waals surface area contributed by atoms with E-state index in [1.807, 2.05) is 30.5 Å². The van der Waals surface area contributed by atoms with Crippen molar-refractivity contribution in [3.63, 3.8) is 0 Å². The Morgan fingerprint density at radius 1 is 1.43 bits per heavy atom. The third kappa shape index (κ3) is 2.01. The number of β-lactam (4-membered cyclic amide) rings is 1. The Kier molecular flexibility index (Phi) is 2.63. The molecule has 4 heteroatoms. The molecule has 1 heterocycles. The topological polar surface area (TPSA) is 38.3 Å². The maximum absolute atomic E-state index is 10.6. The van der Waals surface area contributed by atoms with Gasteiger partial charge in [-0.25, -0.2) is 0 Å². The first-order valence-electron chi connectivity index (χ1n) is 4.38. The van der Waals surface area contributed by atoms with Gasteiger partial charge < -0.3 is 10.1 Å². The molecule has 14 heavy (non-hydrogen) atoms. The van der Waals surface area contributed by atoms with Gasteiger partial charge in [-0.3, -0.25) is 4.79 Å². The van der Waals surface area contributed by atoms with Gasteiger partial charge in [-0.2, -0.15) is 0 Å². The minimum absolute atomic E-state index is 0.0516. The van der Waals surface area contributed by atoms with Gasteiger partial charge in [0.2, 0.25) is 5.91 Å². The summed E-state index contributed by atoms with van der Waals surface area (Å²) < 4.78 is 5.48. The summed E-state index contributed by atoms with van der Waals surface area (Å²) in [7, 11) is 0. The lowest BCUT2D eigenvalue weighted by Gasteiger charge is -2.27. The van der Waals surface area contributed by atoms with Crippen LogP contribution in [0.25, 0.3) is 0 Å². The summed E-state index contributed by atoms with van der Waals surface area (Å²) in [5.74, 6) is 0.850. The van der Waals surface area contributed by atoms with Gasteiger partial charge in [-0.05, 0) is 30.5 Å². The first-order valence-corrected chi connectivity index (χ1v) is 5.60. The van der Waals surface area contributed by atoms with E-state index in [2.05, 4.69) is 5.32 Å². The summed E-state index contributed by atoms with van der Waals surface area (Å²) in [6, 6.07) is 7.83. The molecule has 1 aliphatic heterocycles. The van der Waals surface area contributed by atoms with E-state index in [1.165, 1.54) is 4.90 Å². The molecule has 1 aromatic rings. The van der Waals surface area contributed by atoms with Gasteiger partial charge in [0, 0.05) is 4.90 Å². The Morgan fingerprint density at radius 2 is 2.07 bits per heavy atom. The monoisotopic (exact) mass is 209 g/mol. The molecule has 3 nitrogen and oxygen atoms in total. The highest BCUT2D eigenvalue weighted by atomic mass is 32.2.